The van der Waals surface area contributed by atoms with Gasteiger partial charge in [-0.2, -0.15) is 0 Å². The molecule has 2 heterocycles. The monoisotopic (exact) mass is 396 g/mol. The Labute approximate surface area is 169 Å². The Morgan fingerprint density at radius 2 is 2.07 bits per heavy atom. The molecule has 1 amide bonds. The summed E-state index contributed by atoms with van der Waals surface area (Å²) in [4.78, 5) is 12.6. The van der Waals surface area contributed by atoms with Gasteiger partial charge in [0, 0.05) is 12.2 Å². The van der Waals surface area contributed by atoms with Gasteiger partial charge >= 0.3 is 0 Å². The van der Waals surface area contributed by atoms with Gasteiger partial charge in [0.15, 0.2) is 11.0 Å². The fourth-order valence-electron chi connectivity index (χ4n) is 2.77. The molecule has 3 rings (SSSR count). The van der Waals surface area contributed by atoms with Crippen LogP contribution in [-0.4, -0.2) is 25.9 Å². The number of thioether (sulfide) groups is 1. The van der Waals surface area contributed by atoms with Crippen LogP contribution in [0.5, 0.6) is 0 Å². The van der Waals surface area contributed by atoms with E-state index in [4.69, 9.17) is 4.42 Å². The minimum Gasteiger partial charge on any atom is -0.469 e. The highest BCUT2D eigenvalue weighted by molar-refractivity contribution is 8.00. The molecule has 0 saturated heterocycles. The van der Waals surface area contributed by atoms with E-state index in [1.165, 1.54) is 17.3 Å². The number of anilines is 1. The molecule has 3 aromatic rings. The van der Waals surface area contributed by atoms with Crippen molar-refractivity contribution in [3.05, 3.63) is 60.6 Å². The molecule has 0 aliphatic carbocycles. The smallest absolute Gasteiger partial charge is 0.237 e. The SMILES string of the molecule is C=CCn1c(S[C@@H](C)C(=O)Nc2ccc(CC)cc2)nnc1-c1ccoc1C. The maximum atomic E-state index is 12.6. The lowest BCUT2D eigenvalue weighted by Crippen LogP contribution is -2.23. The van der Waals surface area contributed by atoms with Gasteiger partial charge in [0.1, 0.15) is 5.76 Å². The third-order valence-corrected chi connectivity index (χ3v) is 5.49. The number of furan rings is 1. The molecule has 1 atom stereocenters. The third kappa shape index (κ3) is 4.36. The quantitative estimate of drug-likeness (QED) is 0.441. The zero-order valence-corrected chi connectivity index (χ0v) is 17.1. The van der Waals surface area contributed by atoms with Crippen molar-refractivity contribution in [2.45, 2.75) is 44.1 Å². The lowest BCUT2D eigenvalue weighted by Gasteiger charge is -2.13. The number of hydrogen-bond acceptors (Lipinski definition) is 5. The predicted molar refractivity (Wildman–Crippen MR) is 112 cm³/mol. The standard InChI is InChI=1S/C21H24N4O2S/c1-5-12-25-19(18-11-13-27-14(18)3)23-24-21(25)28-15(4)20(26)22-17-9-7-16(6-2)8-10-17/h5,7-11,13,15H,1,6,12H2,2-4H3,(H,22,26)/t15-/m0/s1. The van der Waals surface area contributed by atoms with E-state index in [1.807, 2.05) is 48.7 Å². The van der Waals surface area contributed by atoms with Gasteiger partial charge in [0.05, 0.1) is 17.1 Å². The zero-order valence-electron chi connectivity index (χ0n) is 16.3. The van der Waals surface area contributed by atoms with E-state index in [-0.39, 0.29) is 11.2 Å². The minimum absolute atomic E-state index is 0.0801. The number of benzene rings is 1. The second-order valence-electron chi connectivity index (χ2n) is 6.40. The van der Waals surface area contributed by atoms with Crippen LogP contribution in [0.1, 0.15) is 25.2 Å². The Kier molecular flexibility index (Phi) is 6.36. The first kappa shape index (κ1) is 19.9. The summed E-state index contributed by atoms with van der Waals surface area (Å²) >= 11 is 1.37. The largest absolute Gasteiger partial charge is 0.469 e. The van der Waals surface area contributed by atoms with Crippen molar-refractivity contribution in [2.75, 3.05) is 5.32 Å². The molecule has 0 fully saturated rings. The van der Waals surface area contributed by atoms with Crippen LogP contribution in [0, 0.1) is 6.92 Å². The molecule has 2 aromatic heterocycles. The zero-order chi connectivity index (χ0) is 20.1. The first-order valence-corrected chi connectivity index (χ1v) is 10.1. The van der Waals surface area contributed by atoms with E-state index >= 15 is 0 Å². The van der Waals surface area contributed by atoms with Crippen LogP contribution in [0.15, 0.2) is 58.8 Å². The van der Waals surface area contributed by atoms with Gasteiger partial charge in [-0.25, -0.2) is 0 Å². The fraction of sp³-hybridized carbons (Fsp3) is 0.286. The number of amides is 1. The molecule has 0 spiro atoms. The van der Waals surface area contributed by atoms with Gasteiger partial charge in [0.25, 0.3) is 0 Å². The van der Waals surface area contributed by atoms with Crippen LogP contribution in [0.3, 0.4) is 0 Å². The highest BCUT2D eigenvalue weighted by Gasteiger charge is 2.21. The minimum atomic E-state index is -0.336. The molecule has 0 unspecified atom stereocenters. The molecule has 0 saturated carbocycles. The number of nitrogens with zero attached hydrogens (tertiary/aromatic N) is 3. The summed E-state index contributed by atoms with van der Waals surface area (Å²) in [7, 11) is 0. The lowest BCUT2D eigenvalue weighted by molar-refractivity contribution is -0.115. The van der Waals surface area contributed by atoms with E-state index in [9.17, 15) is 4.79 Å². The molecular formula is C21H24N4O2S. The number of carbonyl (C=O) groups is 1. The number of nitrogens with one attached hydrogen (secondary N) is 1. The summed E-state index contributed by atoms with van der Waals surface area (Å²) in [6.07, 6.45) is 4.38. The van der Waals surface area contributed by atoms with Gasteiger partial charge < -0.3 is 9.73 Å². The first-order valence-electron chi connectivity index (χ1n) is 9.18. The van der Waals surface area contributed by atoms with Crippen molar-refractivity contribution in [1.82, 2.24) is 14.8 Å². The summed E-state index contributed by atoms with van der Waals surface area (Å²) in [5, 5.41) is 11.9. The van der Waals surface area contributed by atoms with E-state index < -0.39 is 0 Å². The summed E-state index contributed by atoms with van der Waals surface area (Å²) in [6.45, 7) is 10.2. The van der Waals surface area contributed by atoms with Crippen LogP contribution in [0.2, 0.25) is 0 Å². The van der Waals surface area contributed by atoms with Crippen molar-refractivity contribution in [1.29, 1.82) is 0 Å². The molecule has 1 N–H and O–H groups in total. The van der Waals surface area contributed by atoms with Crippen LogP contribution >= 0.6 is 11.8 Å². The number of aryl methyl sites for hydroxylation is 2. The highest BCUT2D eigenvalue weighted by Crippen LogP contribution is 2.29. The van der Waals surface area contributed by atoms with Crippen molar-refractivity contribution >= 4 is 23.4 Å². The van der Waals surface area contributed by atoms with Gasteiger partial charge in [-0.1, -0.05) is 36.9 Å². The summed E-state index contributed by atoms with van der Waals surface area (Å²) in [6, 6.07) is 9.76. The maximum absolute atomic E-state index is 12.6. The molecule has 0 radical (unpaired) electrons. The van der Waals surface area contributed by atoms with E-state index in [0.717, 1.165) is 23.4 Å². The van der Waals surface area contributed by atoms with Crippen LogP contribution in [-0.2, 0) is 17.8 Å². The first-order chi connectivity index (χ1) is 13.5. The second-order valence-corrected chi connectivity index (χ2v) is 7.70. The Hall–Kier alpha value is -2.80. The fourth-order valence-corrected chi connectivity index (χ4v) is 3.62. The predicted octanol–water partition coefficient (Wildman–Crippen LogP) is 4.71. The molecule has 146 valence electrons. The molecule has 0 aliphatic heterocycles. The molecule has 1 aromatic carbocycles. The average molecular weight is 397 g/mol. The average Bonchev–Trinajstić information content (AvgIpc) is 3.28. The molecule has 0 bridgehead atoms. The Balaban J connectivity index is 1.74. The molecule has 7 heteroatoms. The van der Waals surface area contributed by atoms with Gasteiger partial charge in [-0.15, -0.1) is 16.8 Å². The third-order valence-electron chi connectivity index (χ3n) is 4.41. The van der Waals surface area contributed by atoms with Crippen molar-refractivity contribution in [2.24, 2.45) is 0 Å². The van der Waals surface area contributed by atoms with Crippen LogP contribution in [0.4, 0.5) is 5.69 Å². The van der Waals surface area contributed by atoms with E-state index in [0.29, 0.717) is 17.5 Å². The van der Waals surface area contributed by atoms with Crippen LogP contribution in [0.25, 0.3) is 11.4 Å². The van der Waals surface area contributed by atoms with Gasteiger partial charge in [-0.05, 0) is 44.0 Å². The van der Waals surface area contributed by atoms with Gasteiger partial charge in [-0.3, -0.25) is 9.36 Å². The summed E-state index contributed by atoms with van der Waals surface area (Å²) in [5.74, 6) is 1.40. The normalized spacial score (nSPS) is 12.0. The summed E-state index contributed by atoms with van der Waals surface area (Å²) in [5.41, 5.74) is 2.91. The maximum Gasteiger partial charge on any atom is 0.237 e. The molecule has 28 heavy (non-hydrogen) atoms. The number of aromatic nitrogens is 3. The highest BCUT2D eigenvalue weighted by atomic mass is 32.2. The molecular weight excluding hydrogens is 372 g/mol. The van der Waals surface area contributed by atoms with Crippen LogP contribution < -0.4 is 5.32 Å². The van der Waals surface area contributed by atoms with Crippen molar-refractivity contribution in [3.63, 3.8) is 0 Å². The lowest BCUT2D eigenvalue weighted by atomic mass is 10.1. The molecule has 0 aliphatic rings. The number of carbonyl (C=O) groups excluding carboxylic acids is 1. The number of allylic oxidation sites excluding steroid dienone is 1. The molecule has 6 nitrogen and oxygen atoms in total. The van der Waals surface area contributed by atoms with Crippen molar-refractivity contribution < 1.29 is 9.21 Å². The summed E-state index contributed by atoms with van der Waals surface area (Å²) < 4.78 is 7.33. The van der Waals surface area contributed by atoms with E-state index in [2.05, 4.69) is 29.0 Å². The second kappa shape index (κ2) is 8.93. The van der Waals surface area contributed by atoms with Crippen molar-refractivity contribution in [3.8, 4) is 11.4 Å². The van der Waals surface area contributed by atoms with E-state index in [1.54, 1.807) is 12.3 Å². The Bertz CT molecular complexity index is 959. The Morgan fingerprint density at radius 3 is 2.68 bits per heavy atom. The topological polar surface area (TPSA) is 73.0 Å². The number of rotatable bonds is 8. The Morgan fingerprint density at radius 1 is 1.32 bits per heavy atom. The number of hydrogen-bond donors (Lipinski definition) is 1. The van der Waals surface area contributed by atoms with Gasteiger partial charge in [0.2, 0.25) is 5.91 Å².